The molecule has 6 heteroatoms. The van der Waals surface area contributed by atoms with E-state index in [0.29, 0.717) is 11.5 Å². The van der Waals surface area contributed by atoms with Gasteiger partial charge in [0.2, 0.25) is 0 Å². The van der Waals surface area contributed by atoms with Gasteiger partial charge in [-0.05, 0) is 97.5 Å². The van der Waals surface area contributed by atoms with Gasteiger partial charge in [0.05, 0.1) is 0 Å². The third kappa shape index (κ3) is 9.42. The van der Waals surface area contributed by atoms with Crippen molar-refractivity contribution in [2.24, 2.45) is 0 Å². The van der Waals surface area contributed by atoms with Crippen molar-refractivity contribution in [1.82, 2.24) is 9.55 Å². The van der Waals surface area contributed by atoms with Crippen LogP contribution >= 0.6 is 0 Å². The number of rotatable bonds is 9. The van der Waals surface area contributed by atoms with E-state index in [0.717, 1.165) is 55.9 Å². The average Bonchev–Trinajstić information content (AvgIpc) is 3.89. The second-order valence-electron chi connectivity index (χ2n) is 23.6. The molecule has 10 rings (SSSR count). The molecule has 0 N–H and O–H groups in total. The summed E-state index contributed by atoms with van der Waals surface area (Å²) in [7, 11) is 0. The van der Waals surface area contributed by atoms with E-state index in [1.807, 2.05) is 12.3 Å². The number of anilines is 4. The van der Waals surface area contributed by atoms with E-state index in [1.165, 1.54) is 33.4 Å². The van der Waals surface area contributed by atoms with Gasteiger partial charge in [-0.1, -0.05) is 187 Å². The minimum Gasteiger partial charge on any atom is -0.509 e. The number of hydrogen-bond donors (Lipinski definition) is 0. The van der Waals surface area contributed by atoms with E-state index in [9.17, 15) is 0 Å². The van der Waals surface area contributed by atoms with Gasteiger partial charge >= 0.3 is 0 Å². The molecule has 1 aliphatic rings. The minimum absolute atomic E-state index is 0. The molecule has 0 atom stereocenters. The zero-order valence-corrected chi connectivity index (χ0v) is 46.5. The van der Waals surface area contributed by atoms with E-state index in [4.69, 9.17) is 9.72 Å². The van der Waals surface area contributed by atoms with Crippen LogP contribution in [0, 0.1) is 18.8 Å². The van der Waals surface area contributed by atoms with E-state index in [1.54, 1.807) is 0 Å². The monoisotopic (exact) mass is 1130 g/mol. The normalized spacial score (nSPS) is 13.4. The third-order valence-electron chi connectivity index (χ3n) is 14.8. The van der Waals surface area contributed by atoms with Crippen LogP contribution in [-0.4, -0.2) is 9.55 Å². The van der Waals surface area contributed by atoms with Gasteiger partial charge in [0.25, 0.3) is 0 Å². The molecule has 0 saturated heterocycles. The van der Waals surface area contributed by atoms with Crippen molar-refractivity contribution in [1.29, 1.82) is 0 Å². The summed E-state index contributed by atoms with van der Waals surface area (Å²) in [5.41, 5.74) is 14.1. The SMILES string of the molecule is CC(C)(C)c1cc(Oc2[c-]c3c(cc2)c2ccccc2n3-c2cc(C(C)(C)c3ccccc3)ccn2)[c-]c(N2[CH-]N(c3cc(C(C)(C)C)cc(C(C)(C)C)c3)c3cc(C(C)(C)c4ccccc4)ccc32)c1.[Pt]. The second kappa shape index (κ2) is 18.6. The van der Waals surface area contributed by atoms with Crippen LogP contribution in [0.1, 0.15) is 129 Å². The van der Waals surface area contributed by atoms with Crippen molar-refractivity contribution in [3.63, 3.8) is 0 Å². The predicted molar refractivity (Wildman–Crippen MR) is 297 cm³/mol. The number of aromatic nitrogens is 2. The first-order chi connectivity index (χ1) is 33.6. The second-order valence-corrected chi connectivity index (χ2v) is 23.6. The van der Waals surface area contributed by atoms with Crippen LogP contribution in [-0.2, 0) is 48.1 Å². The Bertz CT molecular complexity index is 3410. The molecule has 0 unspecified atom stereocenters. The summed E-state index contributed by atoms with van der Waals surface area (Å²) in [6, 6.07) is 64.6. The molecule has 0 radical (unpaired) electrons. The van der Waals surface area contributed by atoms with E-state index >= 15 is 0 Å². The van der Waals surface area contributed by atoms with Crippen LogP contribution in [0.4, 0.5) is 22.7 Å². The molecule has 3 heterocycles. The zero-order chi connectivity index (χ0) is 50.3. The van der Waals surface area contributed by atoms with Crippen LogP contribution in [0.25, 0.3) is 27.6 Å². The molecule has 72 heavy (non-hydrogen) atoms. The number of ether oxygens (including phenoxy) is 1. The quantitative estimate of drug-likeness (QED) is 0.135. The summed E-state index contributed by atoms with van der Waals surface area (Å²) in [6.07, 6.45) is 1.93. The molecule has 0 spiro atoms. The van der Waals surface area contributed by atoms with Gasteiger partial charge < -0.3 is 19.1 Å². The summed E-state index contributed by atoms with van der Waals surface area (Å²) in [4.78, 5) is 9.67. The Morgan fingerprint density at radius 2 is 1.01 bits per heavy atom. The first-order valence-electron chi connectivity index (χ1n) is 25.1. The van der Waals surface area contributed by atoms with E-state index < -0.39 is 0 Å². The van der Waals surface area contributed by atoms with Crippen LogP contribution in [0.5, 0.6) is 11.5 Å². The van der Waals surface area contributed by atoms with Crippen molar-refractivity contribution in [2.75, 3.05) is 9.80 Å². The molecular weight excluding hydrogens is 1060 g/mol. The Hall–Kier alpha value is -6.42. The first-order valence-corrected chi connectivity index (χ1v) is 25.1. The fourth-order valence-corrected chi connectivity index (χ4v) is 9.97. The smallest absolute Gasteiger partial charge is 0.135 e. The molecule has 2 aromatic heterocycles. The largest absolute Gasteiger partial charge is 0.509 e. The fourth-order valence-electron chi connectivity index (χ4n) is 9.97. The van der Waals surface area contributed by atoms with Crippen molar-refractivity contribution in [3.8, 4) is 17.3 Å². The Balaban J connectivity index is 0.00000640. The molecule has 0 fully saturated rings. The van der Waals surface area contributed by atoms with Crippen LogP contribution in [0.3, 0.4) is 0 Å². The van der Waals surface area contributed by atoms with Crippen LogP contribution in [0.15, 0.2) is 164 Å². The van der Waals surface area contributed by atoms with Gasteiger partial charge in [-0.15, -0.1) is 53.6 Å². The number of hydrogen-bond acceptors (Lipinski definition) is 4. The van der Waals surface area contributed by atoms with Crippen molar-refractivity contribution in [3.05, 3.63) is 222 Å². The Morgan fingerprint density at radius 1 is 0.444 bits per heavy atom. The molecule has 0 amide bonds. The first kappa shape index (κ1) is 50.5. The molecule has 7 aromatic carbocycles. The molecule has 0 saturated carbocycles. The molecule has 370 valence electrons. The number of nitrogens with zero attached hydrogens (tertiary/aromatic N) is 4. The van der Waals surface area contributed by atoms with Crippen molar-refractivity contribution >= 4 is 44.6 Å². The maximum Gasteiger partial charge on any atom is 0.135 e. The Labute approximate surface area is 443 Å². The van der Waals surface area contributed by atoms with Gasteiger partial charge in [-0.25, -0.2) is 4.98 Å². The van der Waals surface area contributed by atoms with Gasteiger partial charge in [0, 0.05) is 72.2 Å². The minimum atomic E-state index is -0.238. The Morgan fingerprint density at radius 3 is 1.62 bits per heavy atom. The number of fused-ring (bicyclic) bond motifs is 4. The molecule has 1 aliphatic heterocycles. The van der Waals surface area contributed by atoms with Crippen molar-refractivity contribution in [2.45, 2.75) is 117 Å². The zero-order valence-electron chi connectivity index (χ0n) is 44.2. The summed E-state index contributed by atoms with van der Waals surface area (Å²) in [6.45, 7) is 32.0. The molecule has 5 nitrogen and oxygen atoms in total. The maximum atomic E-state index is 6.96. The number of para-hydroxylation sites is 1. The van der Waals surface area contributed by atoms with Gasteiger partial charge in [0.15, 0.2) is 0 Å². The molecule has 0 bridgehead atoms. The summed E-state index contributed by atoms with van der Waals surface area (Å²) >= 11 is 0. The van der Waals surface area contributed by atoms with Gasteiger partial charge in [0.1, 0.15) is 5.82 Å². The van der Waals surface area contributed by atoms with Crippen molar-refractivity contribution < 1.29 is 25.8 Å². The molecule has 9 aromatic rings. The number of pyridine rings is 1. The van der Waals surface area contributed by atoms with Gasteiger partial charge in [-0.3, -0.25) is 0 Å². The Kier molecular flexibility index (Phi) is 13.0. The fraction of sp³-hybridized carbons (Fsp3) is 0.273. The summed E-state index contributed by atoms with van der Waals surface area (Å²) in [5, 5.41) is 2.22. The summed E-state index contributed by atoms with van der Waals surface area (Å²) < 4.78 is 9.19. The molecular formula is C66H67N4OPt-3. The standard InChI is InChI=1S/C66H67N4O.Pt/c1-62(2,3)48-34-49(63(4,5)6)36-51(35-48)69-43-68(58-31-28-46(39-60(58)69)65(10,11)44-22-16-14-17-23-44)52-37-50(64(7,8)9)38-54(41-52)71-53-29-30-56-55-26-20-21-27-57(55)70(59(56)42-53)61-40-47(32-33-67-61)66(12,13)45-24-18-15-19-25-45;/h14-40,43H,1-13H3;/q-3;. The maximum absolute atomic E-state index is 6.96. The van der Waals surface area contributed by atoms with E-state index in [-0.39, 0.29) is 48.1 Å². The third-order valence-corrected chi connectivity index (χ3v) is 14.8. The van der Waals surface area contributed by atoms with Crippen LogP contribution in [0.2, 0.25) is 0 Å². The van der Waals surface area contributed by atoms with Crippen LogP contribution < -0.4 is 14.5 Å². The summed E-state index contributed by atoms with van der Waals surface area (Å²) in [5.74, 6) is 2.06. The average molecular weight is 1130 g/mol. The predicted octanol–water partition coefficient (Wildman–Crippen LogP) is 17.5. The van der Waals surface area contributed by atoms with Gasteiger partial charge in [-0.2, -0.15) is 6.07 Å². The molecule has 0 aliphatic carbocycles. The van der Waals surface area contributed by atoms with E-state index in [2.05, 4.69) is 275 Å². The topological polar surface area (TPSA) is 33.5 Å². The number of benzene rings is 7.